The van der Waals surface area contributed by atoms with Crippen molar-refractivity contribution >= 4 is 11.8 Å². The van der Waals surface area contributed by atoms with Gasteiger partial charge < -0.3 is 19.5 Å². The van der Waals surface area contributed by atoms with Crippen molar-refractivity contribution in [3.63, 3.8) is 0 Å². The largest absolute Gasteiger partial charge is 0.444 e. The number of ether oxygens (including phenoxy) is 3. The van der Waals surface area contributed by atoms with Crippen molar-refractivity contribution in [2.75, 3.05) is 18.5 Å². The molecule has 0 aliphatic carbocycles. The summed E-state index contributed by atoms with van der Waals surface area (Å²) in [5, 5.41) is 3.44. The number of fused-ring (bicyclic) bond motifs is 1. The maximum absolute atomic E-state index is 13.5. The first-order chi connectivity index (χ1) is 15.0. The fourth-order valence-electron chi connectivity index (χ4n) is 4.05. The average molecular weight is 443 g/mol. The van der Waals surface area contributed by atoms with Gasteiger partial charge in [0.15, 0.2) is 5.79 Å². The molecule has 1 fully saturated rings. The van der Waals surface area contributed by atoms with Crippen LogP contribution >= 0.6 is 0 Å². The number of rotatable bonds is 4. The van der Waals surface area contributed by atoms with Gasteiger partial charge in [-0.2, -0.15) is 0 Å². The summed E-state index contributed by atoms with van der Waals surface area (Å²) in [6, 6.07) is 10.5. The van der Waals surface area contributed by atoms with E-state index in [1.54, 1.807) is 17.0 Å². The number of hydrogen-bond donors (Lipinski definition) is 1. The van der Waals surface area contributed by atoms with Gasteiger partial charge in [-0.25, -0.2) is 9.18 Å². The summed E-state index contributed by atoms with van der Waals surface area (Å²) < 4.78 is 30.6. The van der Waals surface area contributed by atoms with Crippen LogP contribution in [0.3, 0.4) is 0 Å². The van der Waals surface area contributed by atoms with Crippen LogP contribution in [0.5, 0.6) is 0 Å². The second kappa shape index (κ2) is 8.37. The molecular formula is C25H31FN2O4. The standard InChI is InChI=1S/C25H31FN2O4/c1-24(2,3)32-23(29)28-13-17-10-19(27-12-20-15-30-25(4,5)31-20)11-21(22(17)14-28)16-6-8-18(26)9-7-16/h6-11,20,27H,12-15H2,1-5H3/t20-/m0/s1. The normalized spacial score (nSPS) is 19.7. The molecule has 0 saturated carbocycles. The Labute approximate surface area is 188 Å². The molecule has 2 aliphatic heterocycles. The first kappa shape index (κ1) is 22.6. The average Bonchev–Trinajstić information content (AvgIpc) is 3.28. The topological polar surface area (TPSA) is 60.0 Å². The molecule has 2 aliphatic rings. The van der Waals surface area contributed by atoms with Crippen LogP contribution in [0.4, 0.5) is 14.9 Å². The minimum atomic E-state index is -0.572. The van der Waals surface area contributed by atoms with Crippen molar-refractivity contribution in [1.82, 2.24) is 4.90 Å². The Bertz CT molecular complexity index is 998. The van der Waals surface area contributed by atoms with E-state index in [4.69, 9.17) is 14.2 Å². The van der Waals surface area contributed by atoms with E-state index in [0.29, 0.717) is 26.2 Å². The third-order valence-corrected chi connectivity index (χ3v) is 5.46. The Balaban J connectivity index is 1.59. The molecule has 172 valence electrons. The summed E-state index contributed by atoms with van der Waals surface area (Å²) in [6.07, 6.45) is -0.391. The van der Waals surface area contributed by atoms with Gasteiger partial charge in [0.05, 0.1) is 13.2 Å². The first-order valence-corrected chi connectivity index (χ1v) is 10.9. The molecule has 4 rings (SSSR count). The van der Waals surface area contributed by atoms with Crippen molar-refractivity contribution in [2.45, 2.75) is 65.2 Å². The van der Waals surface area contributed by atoms with Gasteiger partial charge in [-0.1, -0.05) is 12.1 Å². The first-order valence-electron chi connectivity index (χ1n) is 10.9. The molecule has 0 spiro atoms. The Kier molecular flexibility index (Phi) is 5.90. The van der Waals surface area contributed by atoms with Gasteiger partial charge in [0.1, 0.15) is 17.5 Å². The van der Waals surface area contributed by atoms with Crippen LogP contribution in [0, 0.1) is 5.82 Å². The van der Waals surface area contributed by atoms with E-state index in [-0.39, 0.29) is 18.0 Å². The molecule has 2 aromatic carbocycles. The molecule has 2 aromatic rings. The van der Waals surface area contributed by atoms with Gasteiger partial charge in [0.2, 0.25) is 0 Å². The third-order valence-electron chi connectivity index (χ3n) is 5.46. The second-order valence-electron chi connectivity index (χ2n) is 9.84. The summed E-state index contributed by atoms with van der Waals surface area (Å²) in [4.78, 5) is 14.4. The maximum atomic E-state index is 13.5. The van der Waals surface area contributed by atoms with Crippen LogP contribution < -0.4 is 5.32 Å². The summed E-state index contributed by atoms with van der Waals surface area (Å²) in [6.45, 7) is 11.4. The molecule has 0 bridgehead atoms. The quantitative estimate of drug-likeness (QED) is 0.696. The van der Waals surface area contributed by atoms with Gasteiger partial charge in [0, 0.05) is 18.8 Å². The fraction of sp³-hybridized carbons (Fsp3) is 0.480. The zero-order chi connectivity index (χ0) is 23.1. The predicted molar refractivity (Wildman–Crippen MR) is 121 cm³/mol. The van der Waals surface area contributed by atoms with E-state index in [1.165, 1.54) is 12.1 Å². The highest BCUT2D eigenvalue weighted by Gasteiger charge is 2.33. The number of carbonyl (C=O) groups is 1. The van der Waals surface area contributed by atoms with E-state index >= 15 is 0 Å². The van der Waals surface area contributed by atoms with Crippen molar-refractivity contribution in [2.24, 2.45) is 0 Å². The fourth-order valence-corrected chi connectivity index (χ4v) is 4.05. The molecule has 7 heteroatoms. The minimum absolute atomic E-state index is 0.0502. The molecule has 0 radical (unpaired) electrons. The summed E-state index contributed by atoms with van der Waals surface area (Å²) in [5.41, 5.74) is 4.33. The van der Waals surface area contributed by atoms with E-state index in [9.17, 15) is 9.18 Å². The number of hydrogen-bond acceptors (Lipinski definition) is 5. The molecule has 32 heavy (non-hydrogen) atoms. The lowest BCUT2D eigenvalue weighted by Crippen LogP contribution is -2.33. The predicted octanol–water partition coefficient (Wildman–Crippen LogP) is 5.31. The van der Waals surface area contributed by atoms with Gasteiger partial charge in [-0.15, -0.1) is 0 Å². The SMILES string of the molecule is CC(C)(C)OC(=O)N1Cc2cc(NC[C@H]3COC(C)(C)O3)cc(-c3ccc(F)cc3)c2C1. The van der Waals surface area contributed by atoms with Crippen LogP contribution in [0.25, 0.3) is 11.1 Å². The molecular weight excluding hydrogens is 411 g/mol. The molecule has 1 N–H and O–H groups in total. The Hall–Kier alpha value is -2.64. The lowest BCUT2D eigenvalue weighted by atomic mass is 9.96. The number of nitrogens with zero attached hydrogens (tertiary/aromatic N) is 1. The monoisotopic (exact) mass is 442 g/mol. The van der Waals surface area contributed by atoms with E-state index in [1.807, 2.05) is 40.7 Å². The molecule has 2 heterocycles. The van der Waals surface area contributed by atoms with Crippen LogP contribution in [0.2, 0.25) is 0 Å². The van der Waals surface area contributed by atoms with Gasteiger partial charge in [-0.05, 0) is 81.1 Å². The molecule has 0 aromatic heterocycles. The van der Waals surface area contributed by atoms with Gasteiger partial charge in [-0.3, -0.25) is 4.90 Å². The Morgan fingerprint density at radius 3 is 2.56 bits per heavy atom. The van der Waals surface area contributed by atoms with Crippen molar-refractivity contribution in [1.29, 1.82) is 0 Å². The molecule has 1 saturated heterocycles. The third kappa shape index (κ3) is 5.22. The zero-order valence-corrected chi connectivity index (χ0v) is 19.3. The molecule has 6 nitrogen and oxygen atoms in total. The van der Waals surface area contributed by atoms with E-state index < -0.39 is 11.4 Å². The summed E-state index contributed by atoms with van der Waals surface area (Å²) >= 11 is 0. The molecule has 0 unspecified atom stereocenters. The highest BCUT2D eigenvalue weighted by molar-refractivity contribution is 5.77. The second-order valence-corrected chi connectivity index (χ2v) is 9.84. The van der Waals surface area contributed by atoms with Crippen molar-refractivity contribution in [3.05, 3.63) is 53.3 Å². The van der Waals surface area contributed by atoms with Crippen molar-refractivity contribution in [3.8, 4) is 11.1 Å². The van der Waals surface area contributed by atoms with E-state index in [2.05, 4.69) is 11.4 Å². The van der Waals surface area contributed by atoms with Gasteiger partial charge in [0.25, 0.3) is 0 Å². The highest BCUT2D eigenvalue weighted by atomic mass is 19.1. The summed E-state index contributed by atoms with van der Waals surface area (Å²) in [7, 11) is 0. The highest BCUT2D eigenvalue weighted by Crippen LogP contribution is 2.36. The smallest absolute Gasteiger partial charge is 0.410 e. The minimum Gasteiger partial charge on any atom is -0.444 e. The van der Waals surface area contributed by atoms with Crippen molar-refractivity contribution < 1.29 is 23.4 Å². The molecule has 1 amide bonds. The Morgan fingerprint density at radius 2 is 1.94 bits per heavy atom. The maximum Gasteiger partial charge on any atom is 0.410 e. The Morgan fingerprint density at radius 1 is 1.22 bits per heavy atom. The number of anilines is 1. The number of amides is 1. The van der Waals surface area contributed by atoms with E-state index in [0.717, 1.165) is 27.9 Å². The van der Waals surface area contributed by atoms with Crippen LogP contribution in [-0.4, -0.2) is 41.6 Å². The van der Waals surface area contributed by atoms with Crippen LogP contribution in [-0.2, 0) is 27.3 Å². The summed E-state index contributed by atoms with van der Waals surface area (Å²) in [5.74, 6) is -0.853. The number of carbonyl (C=O) groups excluding carboxylic acids is 1. The number of benzene rings is 2. The van der Waals surface area contributed by atoms with Crippen LogP contribution in [0.1, 0.15) is 45.7 Å². The lowest BCUT2D eigenvalue weighted by Gasteiger charge is -2.24. The lowest BCUT2D eigenvalue weighted by molar-refractivity contribution is -0.136. The van der Waals surface area contributed by atoms with Crippen LogP contribution in [0.15, 0.2) is 36.4 Å². The molecule has 1 atom stereocenters. The zero-order valence-electron chi connectivity index (χ0n) is 19.3. The number of halogens is 1. The number of nitrogens with one attached hydrogen (secondary N) is 1. The van der Waals surface area contributed by atoms with Gasteiger partial charge >= 0.3 is 6.09 Å².